The van der Waals surface area contributed by atoms with Gasteiger partial charge in [0.25, 0.3) is 0 Å². The lowest BCUT2D eigenvalue weighted by molar-refractivity contribution is -0.170. The maximum Gasteiger partial charge on any atom is 0.340 e. The van der Waals surface area contributed by atoms with Crippen molar-refractivity contribution >= 4 is 11.9 Å². The highest BCUT2D eigenvalue weighted by Crippen LogP contribution is 2.16. The van der Waals surface area contributed by atoms with Gasteiger partial charge in [0.1, 0.15) is 0 Å². The molecule has 1 unspecified atom stereocenters. The minimum atomic E-state index is -1.93. The topological polar surface area (TPSA) is 93.1 Å². The van der Waals surface area contributed by atoms with E-state index in [2.05, 4.69) is 4.74 Å². The number of hydrogen-bond acceptors (Lipinski definition) is 6. The van der Waals surface area contributed by atoms with E-state index in [0.29, 0.717) is 6.61 Å². The van der Waals surface area contributed by atoms with Crippen molar-refractivity contribution in [2.24, 2.45) is 0 Å². The molecular formula is C11H20O6. The van der Waals surface area contributed by atoms with Crippen LogP contribution in [0, 0.1) is 0 Å². The van der Waals surface area contributed by atoms with Crippen LogP contribution in [0.5, 0.6) is 0 Å². The molecule has 17 heavy (non-hydrogen) atoms. The quantitative estimate of drug-likeness (QED) is 0.588. The van der Waals surface area contributed by atoms with Gasteiger partial charge in [0.15, 0.2) is 5.60 Å². The van der Waals surface area contributed by atoms with E-state index in [1.807, 2.05) is 0 Å². The van der Waals surface area contributed by atoms with E-state index in [1.165, 1.54) is 0 Å². The highest BCUT2D eigenvalue weighted by molar-refractivity contribution is 5.79. The lowest BCUT2D eigenvalue weighted by Gasteiger charge is -2.22. The van der Waals surface area contributed by atoms with Crippen LogP contribution >= 0.6 is 0 Å². The Labute approximate surface area is 101 Å². The number of ether oxygens (including phenoxy) is 2. The second kappa shape index (κ2) is 8.03. The van der Waals surface area contributed by atoms with Crippen molar-refractivity contribution in [2.45, 2.75) is 38.7 Å². The highest BCUT2D eigenvalue weighted by atomic mass is 16.6. The van der Waals surface area contributed by atoms with Gasteiger partial charge in [0, 0.05) is 6.42 Å². The van der Waals surface area contributed by atoms with Crippen LogP contribution in [0.3, 0.4) is 0 Å². The lowest BCUT2D eigenvalue weighted by atomic mass is 9.98. The van der Waals surface area contributed by atoms with Gasteiger partial charge in [0.2, 0.25) is 0 Å². The molecule has 0 spiro atoms. The maximum atomic E-state index is 11.3. The summed E-state index contributed by atoms with van der Waals surface area (Å²) in [6, 6.07) is 0. The van der Waals surface area contributed by atoms with Crippen LogP contribution in [0.15, 0.2) is 0 Å². The summed E-state index contributed by atoms with van der Waals surface area (Å²) in [6.07, 6.45) is 0.297. The van der Waals surface area contributed by atoms with E-state index in [4.69, 9.17) is 9.84 Å². The first-order valence-electron chi connectivity index (χ1n) is 5.66. The minimum Gasteiger partial charge on any atom is -0.466 e. The fourth-order valence-corrected chi connectivity index (χ4v) is 1.27. The molecule has 0 aliphatic heterocycles. The molecule has 0 amide bonds. The van der Waals surface area contributed by atoms with Gasteiger partial charge in [-0.15, -0.1) is 0 Å². The van der Waals surface area contributed by atoms with Gasteiger partial charge >= 0.3 is 11.9 Å². The Morgan fingerprint density at radius 2 is 1.76 bits per heavy atom. The average molecular weight is 248 g/mol. The van der Waals surface area contributed by atoms with Crippen molar-refractivity contribution in [1.82, 2.24) is 0 Å². The van der Waals surface area contributed by atoms with Crippen LogP contribution in [0.1, 0.15) is 33.1 Å². The Balaban J connectivity index is 4.12. The smallest absolute Gasteiger partial charge is 0.340 e. The molecule has 2 N–H and O–H groups in total. The molecule has 0 fully saturated rings. The number of aliphatic hydroxyl groups is 2. The zero-order valence-electron chi connectivity index (χ0n) is 10.3. The molecule has 6 heteroatoms. The molecule has 0 saturated carbocycles. The summed E-state index contributed by atoms with van der Waals surface area (Å²) in [4.78, 5) is 22.4. The molecule has 0 aromatic heterocycles. The fourth-order valence-electron chi connectivity index (χ4n) is 1.27. The van der Waals surface area contributed by atoms with Crippen molar-refractivity contribution < 1.29 is 29.3 Å². The van der Waals surface area contributed by atoms with Crippen molar-refractivity contribution in [3.8, 4) is 0 Å². The van der Waals surface area contributed by atoms with Crippen molar-refractivity contribution in [2.75, 3.05) is 19.8 Å². The van der Waals surface area contributed by atoms with Crippen molar-refractivity contribution in [3.05, 3.63) is 0 Å². The number of carbonyl (C=O) groups is 2. The van der Waals surface area contributed by atoms with Gasteiger partial charge in [-0.05, 0) is 26.7 Å². The van der Waals surface area contributed by atoms with E-state index >= 15 is 0 Å². The van der Waals surface area contributed by atoms with E-state index in [0.717, 1.165) is 0 Å². The Kier molecular flexibility index (Phi) is 7.49. The summed E-state index contributed by atoms with van der Waals surface area (Å²) in [5, 5.41) is 18.8. The molecule has 0 bridgehead atoms. The third-order valence-corrected chi connectivity index (χ3v) is 2.19. The highest BCUT2D eigenvalue weighted by Gasteiger charge is 2.36. The summed E-state index contributed by atoms with van der Waals surface area (Å²) < 4.78 is 9.34. The van der Waals surface area contributed by atoms with Crippen LogP contribution in [0.4, 0.5) is 0 Å². The zero-order valence-corrected chi connectivity index (χ0v) is 10.3. The molecule has 100 valence electrons. The molecule has 0 saturated heterocycles. The van der Waals surface area contributed by atoms with Gasteiger partial charge in [-0.1, -0.05) is 0 Å². The summed E-state index contributed by atoms with van der Waals surface area (Å²) in [5.41, 5.74) is -1.93. The Morgan fingerprint density at radius 1 is 1.18 bits per heavy atom. The van der Waals surface area contributed by atoms with Gasteiger partial charge in [-0.2, -0.15) is 0 Å². The normalized spacial score (nSPS) is 13.9. The largest absolute Gasteiger partial charge is 0.466 e. The van der Waals surface area contributed by atoms with Crippen LogP contribution in [-0.2, 0) is 19.1 Å². The molecule has 1 atom stereocenters. The SMILES string of the molecule is CCOC(=O)CCCC(O)(CO)C(=O)OCC. The fraction of sp³-hybridized carbons (Fsp3) is 0.818. The molecule has 0 aromatic rings. The van der Waals surface area contributed by atoms with Gasteiger partial charge in [-0.3, -0.25) is 4.79 Å². The monoisotopic (exact) mass is 248 g/mol. The predicted molar refractivity (Wildman–Crippen MR) is 59.2 cm³/mol. The van der Waals surface area contributed by atoms with Crippen molar-refractivity contribution in [1.29, 1.82) is 0 Å². The molecule has 0 rings (SSSR count). The Hall–Kier alpha value is -1.14. The summed E-state index contributed by atoms with van der Waals surface area (Å²) in [6.45, 7) is 2.99. The summed E-state index contributed by atoms with van der Waals surface area (Å²) in [5.74, 6) is -1.26. The molecule has 0 aromatic carbocycles. The first kappa shape index (κ1) is 15.9. The number of rotatable bonds is 8. The number of hydrogen-bond donors (Lipinski definition) is 2. The number of aliphatic hydroxyl groups excluding tert-OH is 1. The average Bonchev–Trinajstić information content (AvgIpc) is 2.29. The maximum absolute atomic E-state index is 11.3. The van der Waals surface area contributed by atoms with Gasteiger partial charge < -0.3 is 19.7 Å². The van der Waals surface area contributed by atoms with E-state index in [-0.39, 0.29) is 25.9 Å². The number of esters is 2. The van der Waals surface area contributed by atoms with E-state index in [9.17, 15) is 14.7 Å². The molecule has 0 radical (unpaired) electrons. The predicted octanol–water partition coefficient (Wildman–Crippen LogP) is 0.00630. The lowest BCUT2D eigenvalue weighted by Crippen LogP contribution is -2.43. The van der Waals surface area contributed by atoms with Gasteiger partial charge in [-0.25, -0.2) is 4.79 Å². The van der Waals surface area contributed by atoms with Gasteiger partial charge in [0.05, 0.1) is 19.8 Å². The molecule has 6 nitrogen and oxygen atoms in total. The number of carbonyl (C=O) groups excluding carboxylic acids is 2. The van der Waals surface area contributed by atoms with Crippen LogP contribution < -0.4 is 0 Å². The minimum absolute atomic E-state index is 0.0405. The summed E-state index contributed by atoms with van der Waals surface area (Å²) >= 11 is 0. The third-order valence-electron chi connectivity index (χ3n) is 2.19. The zero-order chi connectivity index (χ0) is 13.3. The van der Waals surface area contributed by atoms with Crippen LogP contribution in [0.2, 0.25) is 0 Å². The molecule has 0 aliphatic carbocycles. The second-order valence-electron chi connectivity index (χ2n) is 3.57. The third kappa shape index (κ3) is 5.65. The van der Waals surface area contributed by atoms with Crippen LogP contribution in [0.25, 0.3) is 0 Å². The van der Waals surface area contributed by atoms with Crippen molar-refractivity contribution in [3.63, 3.8) is 0 Å². The Morgan fingerprint density at radius 3 is 2.24 bits per heavy atom. The first-order chi connectivity index (χ1) is 8.00. The molecular weight excluding hydrogens is 228 g/mol. The standard InChI is InChI=1S/C11H20O6/c1-3-16-9(13)6-5-7-11(15,8-12)10(14)17-4-2/h12,15H,3-8H2,1-2H3. The van der Waals surface area contributed by atoms with E-state index < -0.39 is 24.1 Å². The molecule has 0 aliphatic rings. The Bertz CT molecular complexity index is 252. The van der Waals surface area contributed by atoms with E-state index in [1.54, 1.807) is 13.8 Å². The van der Waals surface area contributed by atoms with Crippen LogP contribution in [-0.4, -0.2) is 47.6 Å². The first-order valence-corrected chi connectivity index (χ1v) is 5.66. The summed E-state index contributed by atoms with van der Waals surface area (Å²) in [7, 11) is 0. The molecule has 0 heterocycles. The second-order valence-corrected chi connectivity index (χ2v) is 3.57.